The summed E-state index contributed by atoms with van der Waals surface area (Å²) >= 11 is 0. The Morgan fingerprint density at radius 2 is 1.58 bits per heavy atom. The third kappa shape index (κ3) is 1.88. The normalized spacial score (nSPS) is 39.8. The van der Waals surface area contributed by atoms with Crippen molar-refractivity contribution in [3.05, 3.63) is 0 Å². The summed E-state index contributed by atoms with van der Waals surface area (Å²) in [6, 6.07) is 0.792. The van der Waals surface area contributed by atoms with Gasteiger partial charge >= 0.3 is 0 Å². The third-order valence-electron chi connectivity index (χ3n) is 2.87. The first-order chi connectivity index (χ1) is 5.25. The van der Waals surface area contributed by atoms with Crippen LogP contribution in [0.2, 0.25) is 0 Å². The molecular formula is C8H14ClF2N. The largest absolute Gasteiger partial charge is 0.311 e. The van der Waals surface area contributed by atoms with Crippen molar-refractivity contribution in [1.29, 1.82) is 0 Å². The molecule has 2 rings (SSSR count). The van der Waals surface area contributed by atoms with E-state index in [9.17, 15) is 8.78 Å². The average molecular weight is 198 g/mol. The van der Waals surface area contributed by atoms with Crippen LogP contribution in [0, 0.1) is 5.92 Å². The predicted octanol–water partition coefficient (Wildman–Crippen LogP) is 2.20. The summed E-state index contributed by atoms with van der Waals surface area (Å²) in [6.45, 7) is 0. The molecule has 0 spiro atoms. The Morgan fingerprint density at radius 3 is 2.00 bits per heavy atom. The van der Waals surface area contributed by atoms with Crippen LogP contribution in [0.4, 0.5) is 8.78 Å². The topological polar surface area (TPSA) is 12.0 Å². The van der Waals surface area contributed by atoms with E-state index in [4.69, 9.17) is 0 Å². The molecule has 0 aromatic rings. The lowest BCUT2D eigenvalue weighted by molar-refractivity contribution is 0.0486. The van der Waals surface area contributed by atoms with Crippen molar-refractivity contribution in [3.63, 3.8) is 0 Å². The predicted molar refractivity (Wildman–Crippen MR) is 45.9 cm³/mol. The summed E-state index contributed by atoms with van der Waals surface area (Å²) in [7, 11) is 0. The molecule has 0 radical (unpaired) electrons. The van der Waals surface area contributed by atoms with E-state index >= 15 is 0 Å². The van der Waals surface area contributed by atoms with E-state index in [2.05, 4.69) is 5.32 Å². The Morgan fingerprint density at radius 1 is 1.08 bits per heavy atom. The zero-order valence-corrected chi connectivity index (χ0v) is 7.62. The van der Waals surface area contributed by atoms with Gasteiger partial charge in [-0.25, -0.2) is 8.78 Å². The number of alkyl halides is 2. The minimum absolute atomic E-state index is 0. The number of hydrogen-bond acceptors (Lipinski definition) is 1. The van der Waals surface area contributed by atoms with Gasteiger partial charge in [0.05, 0.1) is 0 Å². The van der Waals surface area contributed by atoms with E-state index < -0.39 is 6.43 Å². The Kier molecular flexibility index (Phi) is 3.29. The molecule has 12 heavy (non-hydrogen) atoms. The maximum atomic E-state index is 12.3. The highest BCUT2D eigenvalue weighted by atomic mass is 35.5. The van der Waals surface area contributed by atoms with Crippen LogP contribution in [-0.2, 0) is 0 Å². The monoisotopic (exact) mass is 197 g/mol. The number of fused-ring (bicyclic) bond motifs is 2. The van der Waals surface area contributed by atoms with E-state index in [1.54, 1.807) is 0 Å². The first-order valence-corrected chi connectivity index (χ1v) is 4.30. The molecule has 2 atom stereocenters. The molecule has 0 amide bonds. The molecule has 2 bridgehead atoms. The number of piperidine rings is 1. The molecular weight excluding hydrogens is 184 g/mol. The smallest absolute Gasteiger partial charge is 0.241 e. The molecule has 2 saturated heterocycles. The Bertz CT molecular complexity index is 142. The molecule has 0 aliphatic carbocycles. The standard InChI is InChI=1S/C8H13F2N.ClH/c9-8(10)5-3-6-1-2-7(4-5)11-6;/h5-8,11H,1-4H2;1H. The van der Waals surface area contributed by atoms with Crippen molar-refractivity contribution in [2.45, 2.75) is 44.2 Å². The fraction of sp³-hybridized carbons (Fsp3) is 1.00. The van der Waals surface area contributed by atoms with E-state index in [1.807, 2.05) is 0 Å². The fourth-order valence-corrected chi connectivity index (χ4v) is 2.31. The van der Waals surface area contributed by atoms with Gasteiger partial charge in [0.25, 0.3) is 0 Å². The lowest BCUT2D eigenvalue weighted by Gasteiger charge is -2.28. The number of hydrogen-bond donors (Lipinski definition) is 1. The molecule has 4 heteroatoms. The summed E-state index contributed by atoms with van der Waals surface area (Å²) in [6.07, 6.45) is 1.49. The highest BCUT2D eigenvalue weighted by molar-refractivity contribution is 5.85. The van der Waals surface area contributed by atoms with Gasteiger partial charge in [0.1, 0.15) is 0 Å². The number of rotatable bonds is 1. The Hall–Kier alpha value is 0.110. The van der Waals surface area contributed by atoms with E-state index in [0.717, 1.165) is 12.8 Å². The maximum absolute atomic E-state index is 12.3. The molecule has 2 aliphatic rings. The van der Waals surface area contributed by atoms with Crippen LogP contribution in [0.25, 0.3) is 0 Å². The zero-order chi connectivity index (χ0) is 7.84. The molecule has 2 aliphatic heterocycles. The molecule has 2 fully saturated rings. The highest BCUT2D eigenvalue weighted by Gasteiger charge is 2.37. The van der Waals surface area contributed by atoms with Crippen molar-refractivity contribution < 1.29 is 8.78 Å². The van der Waals surface area contributed by atoms with Gasteiger partial charge in [-0.1, -0.05) is 0 Å². The minimum atomic E-state index is -2.10. The van der Waals surface area contributed by atoms with Gasteiger partial charge < -0.3 is 5.32 Å². The first-order valence-electron chi connectivity index (χ1n) is 4.30. The zero-order valence-electron chi connectivity index (χ0n) is 6.80. The summed E-state index contributed by atoms with van der Waals surface area (Å²) in [5, 5.41) is 3.34. The van der Waals surface area contributed by atoms with Gasteiger partial charge in [-0.15, -0.1) is 12.4 Å². The van der Waals surface area contributed by atoms with Crippen LogP contribution < -0.4 is 5.32 Å². The average Bonchev–Trinajstić information content (AvgIpc) is 2.30. The molecule has 1 N–H and O–H groups in total. The summed E-state index contributed by atoms with van der Waals surface area (Å²) in [5.41, 5.74) is 0. The summed E-state index contributed by atoms with van der Waals surface area (Å²) in [4.78, 5) is 0. The van der Waals surface area contributed by atoms with Crippen LogP contribution in [0.5, 0.6) is 0 Å². The van der Waals surface area contributed by atoms with Gasteiger partial charge in [-0.05, 0) is 25.7 Å². The first kappa shape index (κ1) is 10.2. The van der Waals surface area contributed by atoms with Gasteiger partial charge in [0, 0.05) is 18.0 Å². The summed E-state index contributed by atoms with van der Waals surface area (Å²) in [5.74, 6) is -0.325. The molecule has 2 unspecified atom stereocenters. The molecule has 2 heterocycles. The second-order valence-electron chi connectivity index (χ2n) is 3.70. The van der Waals surface area contributed by atoms with Gasteiger partial charge in [-0.2, -0.15) is 0 Å². The lowest BCUT2D eigenvalue weighted by Crippen LogP contribution is -2.40. The van der Waals surface area contributed by atoms with Crippen molar-refractivity contribution in [2.24, 2.45) is 5.92 Å². The summed E-state index contributed by atoms with van der Waals surface area (Å²) < 4.78 is 24.5. The van der Waals surface area contributed by atoms with Crippen molar-refractivity contribution in [1.82, 2.24) is 5.32 Å². The lowest BCUT2D eigenvalue weighted by atomic mass is 9.93. The van der Waals surface area contributed by atoms with Gasteiger partial charge in [-0.3, -0.25) is 0 Å². The Balaban J connectivity index is 0.000000720. The van der Waals surface area contributed by atoms with Crippen molar-refractivity contribution in [3.8, 4) is 0 Å². The quantitative estimate of drug-likeness (QED) is 0.680. The SMILES string of the molecule is Cl.FC(F)C1CC2CCC(C1)N2. The van der Waals surface area contributed by atoms with Gasteiger partial charge in [0.2, 0.25) is 6.43 Å². The second-order valence-corrected chi connectivity index (χ2v) is 3.70. The highest BCUT2D eigenvalue weighted by Crippen LogP contribution is 2.33. The van der Waals surface area contributed by atoms with E-state index in [1.165, 1.54) is 0 Å². The van der Waals surface area contributed by atoms with Crippen LogP contribution >= 0.6 is 12.4 Å². The molecule has 0 saturated carbocycles. The van der Waals surface area contributed by atoms with Crippen LogP contribution in [0.1, 0.15) is 25.7 Å². The van der Waals surface area contributed by atoms with E-state index in [-0.39, 0.29) is 18.3 Å². The van der Waals surface area contributed by atoms with Crippen LogP contribution in [-0.4, -0.2) is 18.5 Å². The van der Waals surface area contributed by atoms with Crippen LogP contribution in [0.3, 0.4) is 0 Å². The minimum Gasteiger partial charge on any atom is -0.311 e. The van der Waals surface area contributed by atoms with Crippen molar-refractivity contribution >= 4 is 12.4 Å². The second kappa shape index (κ2) is 3.88. The van der Waals surface area contributed by atoms with Gasteiger partial charge in [0.15, 0.2) is 0 Å². The molecule has 0 aromatic heterocycles. The number of halogens is 3. The van der Waals surface area contributed by atoms with Crippen molar-refractivity contribution in [2.75, 3.05) is 0 Å². The third-order valence-corrected chi connectivity index (χ3v) is 2.87. The number of nitrogens with one attached hydrogen (secondary N) is 1. The Labute approximate surface area is 77.3 Å². The van der Waals surface area contributed by atoms with E-state index in [0.29, 0.717) is 24.9 Å². The maximum Gasteiger partial charge on any atom is 0.241 e. The van der Waals surface area contributed by atoms with Crippen LogP contribution in [0.15, 0.2) is 0 Å². The molecule has 72 valence electrons. The molecule has 0 aromatic carbocycles. The molecule has 1 nitrogen and oxygen atoms in total. The fourth-order valence-electron chi connectivity index (χ4n) is 2.31.